The second-order valence-corrected chi connectivity index (χ2v) is 3.84. The van der Waals surface area contributed by atoms with Gasteiger partial charge in [-0.15, -0.1) is 0 Å². The van der Waals surface area contributed by atoms with Gasteiger partial charge in [-0.05, 0) is 40.2 Å². The van der Waals surface area contributed by atoms with Crippen LogP contribution in [0.4, 0.5) is 5.69 Å². The van der Waals surface area contributed by atoms with Crippen molar-refractivity contribution in [3.05, 3.63) is 58.6 Å². The van der Waals surface area contributed by atoms with Crippen molar-refractivity contribution < 1.29 is 4.74 Å². The number of ether oxygens (including phenoxy) is 1. The molecule has 0 saturated carbocycles. The summed E-state index contributed by atoms with van der Waals surface area (Å²) in [6.07, 6.45) is 1.63. The van der Waals surface area contributed by atoms with E-state index in [9.17, 15) is 0 Å². The lowest BCUT2D eigenvalue weighted by Crippen LogP contribution is -1.84. The van der Waals surface area contributed by atoms with E-state index >= 15 is 0 Å². The van der Waals surface area contributed by atoms with E-state index in [-0.39, 0.29) is 0 Å². The molecule has 0 aliphatic heterocycles. The Kier molecular flexibility index (Phi) is 3.18. The lowest BCUT2D eigenvalue weighted by molar-refractivity contribution is 0.480. The van der Waals surface area contributed by atoms with E-state index in [1.54, 1.807) is 30.5 Å². The van der Waals surface area contributed by atoms with Crippen molar-refractivity contribution in [2.45, 2.75) is 0 Å². The van der Waals surface area contributed by atoms with Crippen molar-refractivity contribution in [2.24, 2.45) is 0 Å². The normalized spacial score (nSPS) is 9.50. The van der Waals surface area contributed by atoms with Crippen molar-refractivity contribution >= 4 is 21.6 Å². The SMILES string of the molecule is [C-]#[N+]c1ccc(Oc2ccc(Br)nc2)cc1. The third kappa shape index (κ3) is 2.59. The number of rotatable bonds is 2. The second-order valence-electron chi connectivity index (χ2n) is 3.02. The van der Waals surface area contributed by atoms with Crippen LogP contribution in [0.25, 0.3) is 4.85 Å². The first-order valence-corrected chi connectivity index (χ1v) is 5.34. The Morgan fingerprint density at radius 3 is 2.31 bits per heavy atom. The summed E-state index contributed by atoms with van der Waals surface area (Å²) in [5.74, 6) is 1.36. The smallest absolute Gasteiger partial charge is 0.187 e. The summed E-state index contributed by atoms with van der Waals surface area (Å²) in [7, 11) is 0. The standard InChI is InChI=1S/C12H7BrN2O/c1-14-9-2-4-10(5-3-9)16-11-6-7-12(13)15-8-11/h2-8H. The van der Waals surface area contributed by atoms with Crippen LogP contribution in [-0.4, -0.2) is 4.98 Å². The fraction of sp³-hybridized carbons (Fsp3) is 0. The largest absolute Gasteiger partial charge is 0.456 e. The molecular weight excluding hydrogens is 268 g/mol. The van der Waals surface area contributed by atoms with Gasteiger partial charge in [0, 0.05) is 0 Å². The zero-order valence-corrected chi connectivity index (χ0v) is 9.81. The van der Waals surface area contributed by atoms with Crippen LogP contribution >= 0.6 is 15.9 Å². The van der Waals surface area contributed by atoms with E-state index in [2.05, 4.69) is 25.8 Å². The van der Waals surface area contributed by atoms with Crippen LogP contribution < -0.4 is 4.74 Å². The molecule has 2 aromatic rings. The fourth-order valence-electron chi connectivity index (χ4n) is 1.15. The van der Waals surface area contributed by atoms with Gasteiger partial charge in [-0.25, -0.2) is 9.83 Å². The van der Waals surface area contributed by atoms with Crippen molar-refractivity contribution in [3.8, 4) is 11.5 Å². The molecule has 0 N–H and O–H groups in total. The van der Waals surface area contributed by atoms with E-state index in [0.717, 1.165) is 4.60 Å². The van der Waals surface area contributed by atoms with Crippen molar-refractivity contribution in [1.29, 1.82) is 0 Å². The summed E-state index contributed by atoms with van der Waals surface area (Å²) < 4.78 is 6.31. The third-order valence-electron chi connectivity index (χ3n) is 1.90. The Hall–Kier alpha value is -1.86. The number of nitrogens with zero attached hydrogens (tertiary/aromatic N) is 2. The van der Waals surface area contributed by atoms with Gasteiger partial charge in [-0.3, -0.25) is 0 Å². The molecule has 0 radical (unpaired) electrons. The first kappa shape index (κ1) is 10.7. The summed E-state index contributed by atoms with van der Waals surface area (Å²) >= 11 is 3.25. The lowest BCUT2D eigenvalue weighted by Gasteiger charge is -2.04. The zero-order chi connectivity index (χ0) is 11.4. The summed E-state index contributed by atoms with van der Waals surface area (Å²) in [6.45, 7) is 6.83. The van der Waals surface area contributed by atoms with Gasteiger partial charge in [0.05, 0.1) is 12.8 Å². The van der Waals surface area contributed by atoms with E-state index < -0.39 is 0 Å². The van der Waals surface area contributed by atoms with Crippen LogP contribution in [0.1, 0.15) is 0 Å². The fourth-order valence-corrected chi connectivity index (χ4v) is 1.38. The van der Waals surface area contributed by atoms with Gasteiger partial charge < -0.3 is 4.74 Å². The molecule has 3 nitrogen and oxygen atoms in total. The van der Waals surface area contributed by atoms with Gasteiger partial charge in [0.2, 0.25) is 0 Å². The van der Waals surface area contributed by atoms with Crippen molar-refractivity contribution in [3.63, 3.8) is 0 Å². The van der Waals surface area contributed by atoms with Crippen LogP contribution in [0, 0.1) is 6.57 Å². The van der Waals surface area contributed by atoms with Crippen LogP contribution in [0.15, 0.2) is 47.2 Å². The van der Waals surface area contributed by atoms with Crippen LogP contribution in [0.5, 0.6) is 11.5 Å². The summed E-state index contributed by atoms with van der Waals surface area (Å²) in [4.78, 5) is 7.36. The average molecular weight is 275 g/mol. The number of hydrogen-bond donors (Lipinski definition) is 0. The number of aromatic nitrogens is 1. The van der Waals surface area contributed by atoms with E-state index in [1.165, 1.54) is 0 Å². The molecule has 0 atom stereocenters. The Morgan fingerprint density at radius 2 is 1.75 bits per heavy atom. The zero-order valence-electron chi connectivity index (χ0n) is 8.22. The second kappa shape index (κ2) is 4.77. The molecule has 0 aliphatic carbocycles. The molecule has 0 fully saturated rings. The highest BCUT2D eigenvalue weighted by molar-refractivity contribution is 9.10. The van der Waals surface area contributed by atoms with Crippen LogP contribution in [0.2, 0.25) is 0 Å². The average Bonchev–Trinajstić information content (AvgIpc) is 2.33. The minimum atomic E-state index is 0.598. The van der Waals surface area contributed by atoms with Crippen molar-refractivity contribution in [2.75, 3.05) is 0 Å². The summed E-state index contributed by atoms with van der Waals surface area (Å²) in [5, 5.41) is 0. The van der Waals surface area contributed by atoms with Gasteiger partial charge in [0.1, 0.15) is 16.1 Å². The minimum absolute atomic E-state index is 0.598. The molecule has 0 bridgehead atoms. The molecule has 16 heavy (non-hydrogen) atoms. The van der Waals surface area contributed by atoms with E-state index in [0.29, 0.717) is 17.2 Å². The van der Waals surface area contributed by atoms with Crippen LogP contribution in [0.3, 0.4) is 0 Å². The molecular formula is C12H7BrN2O. The van der Waals surface area contributed by atoms with Gasteiger partial charge in [0.15, 0.2) is 5.69 Å². The molecule has 0 saturated heterocycles. The number of benzene rings is 1. The number of pyridine rings is 1. The Morgan fingerprint density at radius 1 is 1.06 bits per heavy atom. The Labute approximate surface area is 102 Å². The van der Waals surface area contributed by atoms with E-state index in [4.69, 9.17) is 11.3 Å². The lowest BCUT2D eigenvalue weighted by atomic mass is 10.3. The quantitative estimate of drug-likeness (QED) is 0.607. The first-order valence-electron chi connectivity index (χ1n) is 4.55. The highest BCUT2D eigenvalue weighted by Crippen LogP contribution is 2.23. The molecule has 0 spiro atoms. The molecule has 1 aromatic heterocycles. The topological polar surface area (TPSA) is 26.5 Å². The Bertz CT molecular complexity index is 514. The monoisotopic (exact) mass is 274 g/mol. The molecule has 2 rings (SSSR count). The van der Waals surface area contributed by atoms with Gasteiger partial charge in [0.25, 0.3) is 0 Å². The van der Waals surface area contributed by atoms with Gasteiger partial charge in [-0.1, -0.05) is 12.1 Å². The maximum absolute atomic E-state index is 6.83. The predicted octanol–water partition coefficient (Wildman–Crippen LogP) is 4.19. The predicted molar refractivity (Wildman–Crippen MR) is 64.7 cm³/mol. The molecule has 1 aromatic carbocycles. The molecule has 0 aliphatic rings. The number of hydrogen-bond acceptors (Lipinski definition) is 2. The van der Waals surface area contributed by atoms with E-state index in [1.807, 2.05) is 12.1 Å². The van der Waals surface area contributed by atoms with Gasteiger partial charge in [-0.2, -0.15) is 0 Å². The summed E-state index contributed by atoms with van der Waals surface area (Å²) in [6, 6.07) is 10.6. The molecule has 4 heteroatoms. The molecule has 0 unspecified atom stereocenters. The Balaban J connectivity index is 2.15. The highest BCUT2D eigenvalue weighted by Gasteiger charge is 1.98. The number of halogens is 1. The molecule has 78 valence electrons. The first-order chi connectivity index (χ1) is 7.78. The van der Waals surface area contributed by atoms with Gasteiger partial charge >= 0.3 is 0 Å². The molecule has 1 heterocycles. The highest BCUT2D eigenvalue weighted by atomic mass is 79.9. The maximum Gasteiger partial charge on any atom is 0.187 e. The molecule has 0 amide bonds. The third-order valence-corrected chi connectivity index (χ3v) is 2.37. The van der Waals surface area contributed by atoms with Crippen molar-refractivity contribution in [1.82, 2.24) is 4.98 Å². The summed E-state index contributed by atoms with van der Waals surface area (Å²) in [5.41, 5.74) is 0.598. The minimum Gasteiger partial charge on any atom is -0.456 e. The van der Waals surface area contributed by atoms with Crippen LogP contribution in [-0.2, 0) is 0 Å². The maximum atomic E-state index is 6.83.